The number of aryl methyl sites for hydroxylation is 1. The molecule has 0 saturated carbocycles. The topological polar surface area (TPSA) is 0 Å². The normalized spacial score (nSPS) is 10.1. The Balaban J connectivity index is 3.02. The van der Waals surface area contributed by atoms with Gasteiger partial charge < -0.3 is 0 Å². The van der Waals surface area contributed by atoms with Crippen LogP contribution in [0.5, 0.6) is 0 Å². The minimum atomic E-state index is -0.116. The number of hydrogen-bond acceptors (Lipinski definition) is 1. The van der Waals surface area contributed by atoms with Crippen LogP contribution in [0.4, 0.5) is 4.39 Å². The molecule has 0 radical (unpaired) electrons. The first-order chi connectivity index (χ1) is 5.27. The molecule has 0 aliphatic carbocycles. The monoisotopic (exact) mass is 170 g/mol. The molecule has 0 unspecified atom stereocenters. The molecule has 0 aliphatic heterocycles. The van der Waals surface area contributed by atoms with Crippen molar-refractivity contribution in [3.05, 3.63) is 29.6 Å². The van der Waals surface area contributed by atoms with E-state index in [0.29, 0.717) is 0 Å². The highest BCUT2D eigenvalue weighted by molar-refractivity contribution is 7.98. The van der Waals surface area contributed by atoms with Crippen molar-refractivity contribution in [2.45, 2.75) is 18.2 Å². The molecular weight excluding hydrogens is 159 g/mol. The highest BCUT2D eigenvalue weighted by atomic mass is 32.2. The molecule has 0 bridgehead atoms. The summed E-state index contributed by atoms with van der Waals surface area (Å²) < 4.78 is 12.9. The van der Waals surface area contributed by atoms with Crippen molar-refractivity contribution < 1.29 is 4.39 Å². The fraction of sp³-hybridized carbons (Fsp3) is 0.333. The molecule has 1 rings (SSSR count). The highest BCUT2D eigenvalue weighted by Gasteiger charge is 1.99. The molecule has 0 fully saturated rings. The maximum Gasteiger partial charge on any atom is 0.136 e. The first kappa shape index (κ1) is 8.60. The molecule has 0 N–H and O–H groups in total. The van der Waals surface area contributed by atoms with Crippen molar-refractivity contribution in [2.75, 3.05) is 6.26 Å². The average molecular weight is 170 g/mol. The van der Waals surface area contributed by atoms with Crippen LogP contribution in [-0.4, -0.2) is 6.26 Å². The number of rotatable bonds is 2. The third-order valence-electron chi connectivity index (χ3n) is 1.62. The van der Waals surface area contributed by atoms with Crippen LogP contribution in [0.1, 0.15) is 12.5 Å². The van der Waals surface area contributed by atoms with Gasteiger partial charge in [-0.25, -0.2) is 4.39 Å². The Kier molecular flexibility index (Phi) is 2.94. The lowest BCUT2D eigenvalue weighted by Gasteiger charge is -2.01. The van der Waals surface area contributed by atoms with Gasteiger partial charge in [0.25, 0.3) is 0 Å². The van der Waals surface area contributed by atoms with Gasteiger partial charge in [0.2, 0.25) is 0 Å². The van der Waals surface area contributed by atoms with Crippen molar-refractivity contribution in [3.8, 4) is 0 Å². The van der Waals surface area contributed by atoms with Crippen LogP contribution in [0.2, 0.25) is 0 Å². The van der Waals surface area contributed by atoms with Gasteiger partial charge in [0.1, 0.15) is 5.82 Å². The largest absolute Gasteiger partial charge is 0.206 e. The van der Waals surface area contributed by atoms with Gasteiger partial charge in [-0.3, -0.25) is 0 Å². The van der Waals surface area contributed by atoms with E-state index in [9.17, 15) is 4.39 Å². The van der Waals surface area contributed by atoms with Gasteiger partial charge in [-0.05, 0) is 30.4 Å². The fourth-order valence-corrected chi connectivity index (χ4v) is 1.46. The molecule has 0 aromatic heterocycles. The molecule has 2 heteroatoms. The maximum atomic E-state index is 12.9. The lowest BCUT2D eigenvalue weighted by Crippen LogP contribution is -1.84. The Morgan fingerprint density at radius 1 is 1.45 bits per heavy atom. The standard InChI is InChI=1S/C9H11FS/c1-3-7-4-5-8(10)9(6-7)11-2/h4-6H,3H2,1-2H3. The SMILES string of the molecule is CCc1ccc(F)c(SC)c1. The summed E-state index contributed by atoms with van der Waals surface area (Å²) in [7, 11) is 0. The van der Waals surface area contributed by atoms with Gasteiger partial charge in [-0.2, -0.15) is 0 Å². The Labute approximate surface area is 70.8 Å². The summed E-state index contributed by atoms with van der Waals surface area (Å²) in [5.74, 6) is -0.116. The second kappa shape index (κ2) is 3.77. The molecule has 0 spiro atoms. The zero-order valence-electron chi connectivity index (χ0n) is 6.73. The summed E-state index contributed by atoms with van der Waals surface area (Å²) in [6, 6.07) is 5.26. The average Bonchev–Trinajstić information content (AvgIpc) is 2.05. The molecule has 1 aromatic rings. The predicted molar refractivity (Wildman–Crippen MR) is 47.6 cm³/mol. The quantitative estimate of drug-likeness (QED) is 0.614. The van der Waals surface area contributed by atoms with Gasteiger partial charge in [0.05, 0.1) is 0 Å². The van der Waals surface area contributed by atoms with Crippen molar-refractivity contribution in [1.82, 2.24) is 0 Å². The van der Waals surface area contributed by atoms with Gasteiger partial charge in [0, 0.05) is 4.90 Å². The van der Waals surface area contributed by atoms with Crippen LogP contribution >= 0.6 is 11.8 Å². The number of halogens is 1. The van der Waals surface area contributed by atoms with E-state index in [2.05, 4.69) is 6.92 Å². The first-order valence-corrected chi connectivity index (χ1v) is 4.82. The van der Waals surface area contributed by atoms with E-state index in [0.717, 1.165) is 11.3 Å². The summed E-state index contributed by atoms with van der Waals surface area (Å²) in [5, 5.41) is 0. The Morgan fingerprint density at radius 2 is 2.18 bits per heavy atom. The zero-order chi connectivity index (χ0) is 8.27. The predicted octanol–water partition coefficient (Wildman–Crippen LogP) is 3.11. The summed E-state index contributed by atoms with van der Waals surface area (Å²) in [5.41, 5.74) is 1.19. The smallest absolute Gasteiger partial charge is 0.136 e. The number of thioether (sulfide) groups is 1. The second-order valence-electron chi connectivity index (χ2n) is 2.32. The van der Waals surface area contributed by atoms with Crippen LogP contribution in [0.3, 0.4) is 0 Å². The Hall–Kier alpha value is -0.500. The van der Waals surface area contributed by atoms with Crippen LogP contribution in [0.15, 0.2) is 23.1 Å². The van der Waals surface area contributed by atoms with Crippen molar-refractivity contribution in [2.24, 2.45) is 0 Å². The summed E-state index contributed by atoms with van der Waals surface area (Å²) in [6.07, 6.45) is 2.85. The maximum absolute atomic E-state index is 12.9. The van der Waals surface area contributed by atoms with E-state index in [1.165, 1.54) is 23.4 Å². The van der Waals surface area contributed by atoms with E-state index < -0.39 is 0 Å². The van der Waals surface area contributed by atoms with Crippen molar-refractivity contribution in [3.63, 3.8) is 0 Å². The molecule has 0 nitrogen and oxygen atoms in total. The number of hydrogen-bond donors (Lipinski definition) is 0. The van der Waals surface area contributed by atoms with Gasteiger partial charge in [-0.1, -0.05) is 13.0 Å². The molecule has 0 heterocycles. The lowest BCUT2D eigenvalue weighted by atomic mass is 10.2. The van der Waals surface area contributed by atoms with E-state index in [-0.39, 0.29) is 5.82 Å². The molecule has 0 aliphatic rings. The minimum absolute atomic E-state index is 0.116. The fourth-order valence-electron chi connectivity index (χ4n) is 0.924. The van der Waals surface area contributed by atoms with Crippen molar-refractivity contribution >= 4 is 11.8 Å². The molecule has 11 heavy (non-hydrogen) atoms. The van der Waals surface area contributed by atoms with Gasteiger partial charge in [0.15, 0.2) is 0 Å². The molecule has 0 amide bonds. The van der Waals surface area contributed by atoms with Crippen LogP contribution in [0, 0.1) is 5.82 Å². The summed E-state index contributed by atoms with van der Waals surface area (Å²) >= 11 is 1.45. The zero-order valence-corrected chi connectivity index (χ0v) is 7.54. The Morgan fingerprint density at radius 3 is 2.73 bits per heavy atom. The van der Waals surface area contributed by atoms with Gasteiger partial charge >= 0.3 is 0 Å². The first-order valence-electron chi connectivity index (χ1n) is 3.60. The van der Waals surface area contributed by atoms with E-state index in [1.54, 1.807) is 0 Å². The van der Waals surface area contributed by atoms with Gasteiger partial charge in [-0.15, -0.1) is 11.8 Å². The molecule has 0 atom stereocenters. The van der Waals surface area contributed by atoms with E-state index in [1.807, 2.05) is 18.4 Å². The van der Waals surface area contributed by atoms with E-state index >= 15 is 0 Å². The lowest BCUT2D eigenvalue weighted by molar-refractivity contribution is 0.601. The van der Waals surface area contributed by atoms with Crippen LogP contribution in [-0.2, 0) is 6.42 Å². The second-order valence-corrected chi connectivity index (χ2v) is 3.17. The number of benzene rings is 1. The molecule has 60 valence electrons. The molecule has 0 saturated heterocycles. The highest BCUT2D eigenvalue weighted by Crippen LogP contribution is 2.20. The van der Waals surface area contributed by atoms with Crippen LogP contribution in [0.25, 0.3) is 0 Å². The third-order valence-corrected chi connectivity index (χ3v) is 2.38. The summed E-state index contributed by atoms with van der Waals surface area (Å²) in [6.45, 7) is 2.07. The summed E-state index contributed by atoms with van der Waals surface area (Å²) in [4.78, 5) is 0.740. The molecular formula is C9H11FS. The third kappa shape index (κ3) is 1.96. The van der Waals surface area contributed by atoms with E-state index in [4.69, 9.17) is 0 Å². The van der Waals surface area contributed by atoms with Crippen LogP contribution < -0.4 is 0 Å². The Bertz CT molecular complexity index is 245. The minimum Gasteiger partial charge on any atom is -0.206 e. The van der Waals surface area contributed by atoms with Crippen molar-refractivity contribution in [1.29, 1.82) is 0 Å². The molecule has 1 aromatic carbocycles.